The molecule has 3 aromatic heterocycles. The third kappa shape index (κ3) is 2.93. The van der Waals surface area contributed by atoms with Crippen molar-refractivity contribution in [1.82, 2.24) is 24.8 Å². The molecule has 0 saturated carbocycles. The van der Waals surface area contributed by atoms with Crippen LogP contribution < -0.4 is 5.32 Å². The number of anilines is 1. The molecule has 0 fully saturated rings. The lowest BCUT2D eigenvalue weighted by atomic mass is 10.3. The first-order valence-corrected chi connectivity index (χ1v) is 6.38. The maximum Gasteiger partial charge on any atom is 0.299 e. The Labute approximate surface area is 118 Å². The molecule has 0 aromatic carbocycles. The molecule has 0 aliphatic carbocycles. The average molecular weight is 290 g/mol. The third-order valence-electron chi connectivity index (χ3n) is 2.90. The molecule has 0 atom stereocenters. The zero-order valence-corrected chi connectivity index (χ0v) is 10.9. The van der Waals surface area contributed by atoms with Crippen LogP contribution in [0, 0.1) is 0 Å². The molecule has 0 bridgehead atoms. The zero-order chi connectivity index (χ0) is 14.7. The largest absolute Gasteiger partial charge is 0.368 e. The number of alkyl halides is 2. The lowest BCUT2D eigenvalue weighted by molar-refractivity contribution is 0.137. The molecule has 0 radical (unpaired) electrons. The number of nitrogens with one attached hydrogen (secondary N) is 1. The summed E-state index contributed by atoms with van der Waals surface area (Å²) in [5.74, 6) is 0.0264. The summed E-state index contributed by atoms with van der Waals surface area (Å²) in [5, 5.41) is 14.2. The quantitative estimate of drug-likeness (QED) is 0.779. The van der Waals surface area contributed by atoms with Crippen LogP contribution >= 0.6 is 0 Å². The monoisotopic (exact) mass is 290 g/mol. The van der Waals surface area contributed by atoms with Crippen LogP contribution in [0.3, 0.4) is 0 Å². The number of hydrogen-bond acceptors (Lipinski definition) is 5. The van der Waals surface area contributed by atoms with Gasteiger partial charge in [0.25, 0.3) is 6.43 Å². The van der Waals surface area contributed by atoms with Gasteiger partial charge in [-0.15, -0.1) is 15.3 Å². The fourth-order valence-electron chi connectivity index (χ4n) is 1.90. The number of halogens is 2. The van der Waals surface area contributed by atoms with Crippen molar-refractivity contribution in [3.05, 3.63) is 48.0 Å². The minimum atomic E-state index is -2.71. The van der Waals surface area contributed by atoms with Gasteiger partial charge in [-0.05, 0) is 24.3 Å². The van der Waals surface area contributed by atoms with Crippen molar-refractivity contribution in [3.63, 3.8) is 0 Å². The molecule has 6 nitrogen and oxygen atoms in total. The Morgan fingerprint density at radius 1 is 1.14 bits per heavy atom. The Morgan fingerprint density at radius 3 is 2.81 bits per heavy atom. The molecule has 3 aromatic rings. The first-order chi connectivity index (χ1) is 10.2. The number of fused-ring (bicyclic) bond motifs is 1. The Hall–Kier alpha value is -2.64. The van der Waals surface area contributed by atoms with E-state index in [2.05, 4.69) is 25.6 Å². The Kier molecular flexibility index (Phi) is 3.67. The Morgan fingerprint density at radius 2 is 2.05 bits per heavy atom. The van der Waals surface area contributed by atoms with Gasteiger partial charge in [0, 0.05) is 24.9 Å². The normalized spacial score (nSPS) is 11.2. The van der Waals surface area contributed by atoms with Crippen LogP contribution in [0.5, 0.6) is 0 Å². The van der Waals surface area contributed by atoms with Crippen molar-refractivity contribution in [2.75, 3.05) is 11.9 Å². The molecule has 8 heteroatoms. The molecule has 0 spiro atoms. The Balaban J connectivity index is 1.71. The van der Waals surface area contributed by atoms with Crippen molar-refractivity contribution in [3.8, 4) is 0 Å². The molecule has 0 aliphatic heterocycles. The Bertz CT molecular complexity index is 728. The van der Waals surface area contributed by atoms with Gasteiger partial charge in [0.05, 0.1) is 0 Å². The van der Waals surface area contributed by atoms with Crippen LogP contribution in [-0.2, 0) is 6.42 Å². The van der Waals surface area contributed by atoms with Crippen molar-refractivity contribution >= 4 is 11.5 Å². The van der Waals surface area contributed by atoms with Crippen LogP contribution in [0.1, 0.15) is 17.9 Å². The molecule has 0 aliphatic rings. The number of nitrogens with zero attached hydrogens (tertiary/aromatic N) is 5. The summed E-state index contributed by atoms with van der Waals surface area (Å²) in [6.45, 7) is 0.599. The number of aromatic nitrogens is 5. The van der Waals surface area contributed by atoms with Gasteiger partial charge in [0.15, 0.2) is 5.65 Å². The second-order valence-electron chi connectivity index (χ2n) is 4.35. The van der Waals surface area contributed by atoms with Crippen molar-refractivity contribution in [1.29, 1.82) is 0 Å². The number of rotatable bonds is 5. The first-order valence-electron chi connectivity index (χ1n) is 6.38. The summed E-state index contributed by atoms with van der Waals surface area (Å²) >= 11 is 0. The summed E-state index contributed by atoms with van der Waals surface area (Å²) in [5.41, 5.74) is 1.24. The highest BCUT2D eigenvalue weighted by Crippen LogP contribution is 2.17. The van der Waals surface area contributed by atoms with Crippen LogP contribution in [0.15, 0.2) is 36.5 Å². The summed E-state index contributed by atoms with van der Waals surface area (Å²) in [6, 6.07) is 8.96. The number of pyridine rings is 1. The van der Waals surface area contributed by atoms with Gasteiger partial charge in [-0.1, -0.05) is 6.07 Å². The molecular formula is C13H12F2N6. The van der Waals surface area contributed by atoms with E-state index in [4.69, 9.17) is 0 Å². The summed E-state index contributed by atoms with van der Waals surface area (Å²) < 4.78 is 26.5. The maximum absolute atomic E-state index is 12.7. The number of hydrogen-bond donors (Lipinski definition) is 1. The van der Waals surface area contributed by atoms with E-state index in [0.717, 1.165) is 10.2 Å². The standard InChI is InChI=1S/C13H12F2N6/c14-12(15)13-19-18-11-5-4-10(20-21(11)13)17-8-6-9-3-1-2-7-16-9/h1-5,7,12H,6,8H2,(H,17,20). The predicted molar refractivity (Wildman–Crippen MR) is 72.2 cm³/mol. The predicted octanol–water partition coefficient (Wildman–Crippen LogP) is 2.11. The second-order valence-corrected chi connectivity index (χ2v) is 4.35. The van der Waals surface area contributed by atoms with Crippen LogP contribution in [-0.4, -0.2) is 31.3 Å². The molecular weight excluding hydrogens is 278 g/mol. The molecule has 0 saturated heterocycles. The second kappa shape index (κ2) is 5.78. The minimum absolute atomic E-state index is 0.292. The van der Waals surface area contributed by atoms with Gasteiger partial charge in [0.2, 0.25) is 5.82 Å². The molecule has 108 valence electrons. The van der Waals surface area contributed by atoms with E-state index < -0.39 is 12.2 Å². The van der Waals surface area contributed by atoms with Gasteiger partial charge < -0.3 is 5.32 Å². The van der Waals surface area contributed by atoms with Gasteiger partial charge in [-0.3, -0.25) is 4.98 Å². The van der Waals surface area contributed by atoms with E-state index >= 15 is 0 Å². The SMILES string of the molecule is FC(F)c1nnc2ccc(NCCc3ccccn3)nn12. The summed E-state index contributed by atoms with van der Waals surface area (Å²) in [6.07, 6.45) is -0.271. The minimum Gasteiger partial charge on any atom is -0.368 e. The van der Waals surface area contributed by atoms with Crippen molar-refractivity contribution in [2.24, 2.45) is 0 Å². The van der Waals surface area contributed by atoms with Crippen LogP contribution in [0.2, 0.25) is 0 Å². The van der Waals surface area contributed by atoms with E-state index in [9.17, 15) is 8.78 Å². The topological polar surface area (TPSA) is 68.0 Å². The lowest BCUT2D eigenvalue weighted by Gasteiger charge is -2.06. The van der Waals surface area contributed by atoms with E-state index in [1.54, 1.807) is 18.3 Å². The fourth-order valence-corrected chi connectivity index (χ4v) is 1.90. The van der Waals surface area contributed by atoms with Crippen LogP contribution in [0.4, 0.5) is 14.6 Å². The van der Waals surface area contributed by atoms with E-state index in [1.165, 1.54) is 0 Å². The molecule has 0 amide bonds. The van der Waals surface area contributed by atoms with Crippen molar-refractivity contribution < 1.29 is 8.78 Å². The highest BCUT2D eigenvalue weighted by atomic mass is 19.3. The lowest BCUT2D eigenvalue weighted by Crippen LogP contribution is -2.09. The summed E-state index contributed by atoms with van der Waals surface area (Å²) in [7, 11) is 0. The van der Waals surface area contributed by atoms with E-state index in [1.807, 2.05) is 18.2 Å². The molecule has 3 heterocycles. The molecule has 1 N–H and O–H groups in total. The van der Waals surface area contributed by atoms with Gasteiger partial charge >= 0.3 is 0 Å². The molecule has 21 heavy (non-hydrogen) atoms. The highest BCUT2D eigenvalue weighted by Gasteiger charge is 2.16. The zero-order valence-electron chi connectivity index (χ0n) is 10.9. The van der Waals surface area contributed by atoms with Gasteiger partial charge in [-0.25, -0.2) is 8.78 Å². The summed E-state index contributed by atoms with van der Waals surface area (Å²) in [4.78, 5) is 4.20. The third-order valence-corrected chi connectivity index (χ3v) is 2.90. The highest BCUT2D eigenvalue weighted by molar-refractivity contribution is 5.44. The average Bonchev–Trinajstić information content (AvgIpc) is 2.92. The van der Waals surface area contributed by atoms with E-state index in [-0.39, 0.29) is 0 Å². The maximum atomic E-state index is 12.7. The molecule has 0 unspecified atom stereocenters. The fraction of sp³-hybridized carbons (Fsp3) is 0.231. The van der Waals surface area contributed by atoms with Crippen molar-refractivity contribution in [2.45, 2.75) is 12.8 Å². The smallest absolute Gasteiger partial charge is 0.299 e. The van der Waals surface area contributed by atoms with Crippen LogP contribution in [0.25, 0.3) is 5.65 Å². The first kappa shape index (κ1) is 13.3. The van der Waals surface area contributed by atoms with E-state index in [0.29, 0.717) is 24.4 Å². The van der Waals surface area contributed by atoms with Gasteiger partial charge in [0.1, 0.15) is 5.82 Å². The van der Waals surface area contributed by atoms with Gasteiger partial charge in [-0.2, -0.15) is 4.52 Å². The molecule has 3 rings (SSSR count).